The first-order chi connectivity index (χ1) is 15.7. The SMILES string of the molecule is Cc1ccc(Nc2ccc3c(C(=O)NC(C)c4cccnc4)nn(CC(F)(F)F)c3n2)cc1. The third kappa shape index (κ3) is 5.28. The van der Waals surface area contributed by atoms with Gasteiger partial charge in [-0.3, -0.25) is 9.78 Å². The van der Waals surface area contributed by atoms with E-state index in [-0.39, 0.29) is 16.7 Å². The molecular weight excluding hydrogens is 433 g/mol. The molecule has 0 saturated carbocycles. The minimum absolute atomic E-state index is 0.0383. The third-order valence-electron chi connectivity index (χ3n) is 5.00. The topological polar surface area (TPSA) is 84.7 Å². The number of carbonyl (C=O) groups is 1. The smallest absolute Gasteiger partial charge is 0.344 e. The monoisotopic (exact) mass is 454 g/mol. The molecule has 0 fully saturated rings. The Hall–Kier alpha value is -3.95. The van der Waals surface area contributed by atoms with Gasteiger partial charge in [-0.1, -0.05) is 23.8 Å². The molecule has 1 aromatic carbocycles. The molecule has 3 aromatic heterocycles. The van der Waals surface area contributed by atoms with Gasteiger partial charge in [-0.2, -0.15) is 18.3 Å². The normalized spacial score (nSPS) is 12.5. The lowest BCUT2D eigenvalue weighted by atomic mass is 10.1. The van der Waals surface area contributed by atoms with Crippen molar-refractivity contribution in [3.63, 3.8) is 0 Å². The minimum Gasteiger partial charge on any atom is -0.344 e. The average molecular weight is 454 g/mol. The molecule has 0 radical (unpaired) electrons. The van der Waals surface area contributed by atoms with Crippen molar-refractivity contribution in [3.8, 4) is 0 Å². The van der Waals surface area contributed by atoms with E-state index in [9.17, 15) is 18.0 Å². The highest BCUT2D eigenvalue weighted by atomic mass is 19.4. The Balaban J connectivity index is 1.67. The predicted octanol–water partition coefficient (Wildman–Crippen LogP) is 4.93. The molecule has 4 rings (SSSR count). The van der Waals surface area contributed by atoms with Gasteiger partial charge in [-0.25, -0.2) is 9.67 Å². The first kappa shape index (κ1) is 22.3. The lowest BCUT2D eigenvalue weighted by molar-refractivity contribution is -0.142. The van der Waals surface area contributed by atoms with Crippen molar-refractivity contribution in [2.45, 2.75) is 32.6 Å². The summed E-state index contributed by atoms with van der Waals surface area (Å²) in [6.45, 7) is 2.34. The van der Waals surface area contributed by atoms with Crippen LogP contribution in [0.25, 0.3) is 11.0 Å². The molecule has 1 unspecified atom stereocenters. The van der Waals surface area contributed by atoms with Crippen LogP contribution in [-0.4, -0.2) is 31.8 Å². The average Bonchev–Trinajstić information content (AvgIpc) is 3.12. The lowest BCUT2D eigenvalue weighted by Crippen LogP contribution is -2.27. The van der Waals surface area contributed by atoms with Gasteiger partial charge in [0.25, 0.3) is 5.91 Å². The van der Waals surface area contributed by atoms with Crippen molar-refractivity contribution in [1.29, 1.82) is 0 Å². The van der Waals surface area contributed by atoms with Crippen molar-refractivity contribution >= 4 is 28.4 Å². The lowest BCUT2D eigenvalue weighted by Gasteiger charge is -2.12. The Kier molecular flexibility index (Phi) is 5.99. The number of nitrogens with one attached hydrogen (secondary N) is 2. The summed E-state index contributed by atoms with van der Waals surface area (Å²) < 4.78 is 40.3. The molecular formula is C23H21F3N6O. The number of benzene rings is 1. The molecule has 0 spiro atoms. The van der Waals surface area contributed by atoms with Gasteiger partial charge in [-0.15, -0.1) is 0 Å². The summed E-state index contributed by atoms with van der Waals surface area (Å²) >= 11 is 0. The van der Waals surface area contributed by atoms with E-state index in [2.05, 4.69) is 25.7 Å². The van der Waals surface area contributed by atoms with E-state index in [1.165, 1.54) is 0 Å². The molecule has 10 heteroatoms. The highest BCUT2D eigenvalue weighted by Gasteiger charge is 2.31. The van der Waals surface area contributed by atoms with Gasteiger partial charge in [0.15, 0.2) is 11.3 Å². The number of rotatable bonds is 6. The maximum Gasteiger partial charge on any atom is 0.408 e. The Morgan fingerprint density at radius 2 is 1.88 bits per heavy atom. The molecule has 33 heavy (non-hydrogen) atoms. The second kappa shape index (κ2) is 8.89. The molecule has 0 aliphatic rings. The second-order valence-electron chi connectivity index (χ2n) is 7.66. The summed E-state index contributed by atoms with van der Waals surface area (Å²) in [6.07, 6.45) is -1.31. The Morgan fingerprint density at radius 1 is 1.12 bits per heavy atom. The van der Waals surface area contributed by atoms with E-state index in [0.29, 0.717) is 10.5 Å². The number of hydrogen-bond acceptors (Lipinski definition) is 5. The van der Waals surface area contributed by atoms with Crippen LogP contribution >= 0.6 is 0 Å². The van der Waals surface area contributed by atoms with E-state index in [1.54, 1.807) is 43.6 Å². The summed E-state index contributed by atoms with van der Waals surface area (Å²) in [5.41, 5.74) is 2.40. The van der Waals surface area contributed by atoms with Crippen molar-refractivity contribution < 1.29 is 18.0 Å². The molecule has 3 heterocycles. The van der Waals surface area contributed by atoms with Crippen LogP contribution in [0.3, 0.4) is 0 Å². The largest absolute Gasteiger partial charge is 0.408 e. The van der Waals surface area contributed by atoms with Gasteiger partial charge in [0.1, 0.15) is 12.4 Å². The van der Waals surface area contributed by atoms with Crippen LogP contribution in [-0.2, 0) is 6.54 Å². The minimum atomic E-state index is -4.53. The van der Waals surface area contributed by atoms with Gasteiger partial charge in [0, 0.05) is 18.1 Å². The van der Waals surface area contributed by atoms with E-state index < -0.39 is 24.7 Å². The Labute approximate surface area is 187 Å². The number of halogens is 3. The Morgan fingerprint density at radius 3 is 2.55 bits per heavy atom. The highest BCUT2D eigenvalue weighted by Crippen LogP contribution is 2.26. The quantitative estimate of drug-likeness (QED) is 0.432. The van der Waals surface area contributed by atoms with E-state index in [0.717, 1.165) is 16.8 Å². The summed E-state index contributed by atoms with van der Waals surface area (Å²) in [5.74, 6) is -0.260. The second-order valence-corrected chi connectivity index (χ2v) is 7.66. The van der Waals surface area contributed by atoms with Crippen LogP contribution in [0.4, 0.5) is 24.7 Å². The molecule has 170 valence electrons. The summed E-state index contributed by atoms with van der Waals surface area (Å²) in [5, 5.41) is 10.0. The van der Waals surface area contributed by atoms with E-state index in [4.69, 9.17) is 0 Å². The first-order valence-corrected chi connectivity index (χ1v) is 10.2. The van der Waals surface area contributed by atoms with E-state index in [1.807, 2.05) is 31.2 Å². The van der Waals surface area contributed by atoms with Crippen LogP contribution in [0.2, 0.25) is 0 Å². The van der Waals surface area contributed by atoms with Crippen LogP contribution in [0.5, 0.6) is 0 Å². The number of alkyl halides is 3. The number of carbonyl (C=O) groups excluding carboxylic acids is 1. The van der Waals surface area contributed by atoms with Crippen LogP contribution in [0, 0.1) is 6.92 Å². The standard InChI is InChI=1S/C23H21F3N6O/c1-14-5-7-17(8-6-14)29-19-10-9-18-20(31-32(21(18)30-19)13-23(24,25)26)22(33)28-15(2)16-4-3-11-27-12-16/h3-12,15H,13H2,1-2H3,(H,28,33)(H,29,30). The number of amides is 1. The molecule has 1 atom stereocenters. The van der Waals surface area contributed by atoms with Crippen molar-refractivity contribution in [2.24, 2.45) is 0 Å². The van der Waals surface area contributed by atoms with Gasteiger partial charge in [-0.05, 0) is 49.7 Å². The maximum absolute atomic E-state index is 13.2. The van der Waals surface area contributed by atoms with Gasteiger partial charge in [0.2, 0.25) is 0 Å². The molecule has 0 aliphatic carbocycles. The molecule has 1 amide bonds. The number of hydrogen-bond donors (Lipinski definition) is 2. The van der Waals surface area contributed by atoms with Crippen molar-refractivity contribution in [2.75, 3.05) is 5.32 Å². The fraction of sp³-hybridized carbons (Fsp3) is 0.217. The zero-order valence-electron chi connectivity index (χ0n) is 17.9. The van der Waals surface area contributed by atoms with Crippen molar-refractivity contribution in [1.82, 2.24) is 25.1 Å². The Bertz CT molecular complexity index is 1270. The number of pyridine rings is 2. The number of aryl methyl sites for hydroxylation is 1. The van der Waals surface area contributed by atoms with Crippen molar-refractivity contribution in [3.05, 3.63) is 77.7 Å². The molecule has 0 aliphatic heterocycles. The summed E-state index contributed by atoms with van der Waals surface area (Å²) in [7, 11) is 0. The number of fused-ring (bicyclic) bond motifs is 1. The summed E-state index contributed by atoms with van der Waals surface area (Å²) in [4.78, 5) is 21.2. The zero-order valence-corrected chi connectivity index (χ0v) is 17.9. The molecule has 2 N–H and O–H groups in total. The number of nitrogens with zero attached hydrogens (tertiary/aromatic N) is 4. The zero-order chi connectivity index (χ0) is 23.6. The fourth-order valence-corrected chi connectivity index (χ4v) is 3.33. The fourth-order valence-electron chi connectivity index (χ4n) is 3.33. The number of aromatic nitrogens is 4. The van der Waals surface area contributed by atoms with Crippen LogP contribution < -0.4 is 10.6 Å². The van der Waals surface area contributed by atoms with E-state index >= 15 is 0 Å². The molecule has 7 nitrogen and oxygen atoms in total. The number of anilines is 2. The van der Waals surface area contributed by atoms with Crippen LogP contribution in [0.15, 0.2) is 60.9 Å². The maximum atomic E-state index is 13.2. The highest BCUT2D eigenvalue weighted by molar-refractivity contribution is 6.04. The first-order valence-electron chi connectivity index (χ1n) is 10.2. The van der Waals surface area contributed by atoms with Crippen LogP contribution in [0.1, 0.15) is 34.6 Å². The van der Waals surface area contributed by atoms with Gasteiger partial charge < -0.3 is 10.6 Å². The molecule has 0 bridgehead atoms. The third-order valence-corrected chi connectivity index (χ3v) is 5.00. The van der Waals surface area contributed by atoms with Gasteiger partial charge in [0.05, 0.1) is 11.4 Å². The predicted molar refractivity (Wildman–Crippen MR) is 118 cm³/mol. The van der Waals surface area contributed by atoms with Gasteiger partial charge >= 0.3 is 6.18 Å². The molecule has 0 saturated heterocycles. The molecule has 4 aromatic rings. The summed E-state index contributed by atoms with van der Waals surface area (Å²) in [6, 6.07) is 13.7.